The van der Waals surface area contributed by atoms with E-state index in [2.05, 4.69) is 0 Å². The van der Waals surface area contributed by atoms with Crippen LogP contribution in [0.5, 0.6) is 0 Å². The quantitative estimate of drug-likeness (QED) is 0.664. The molecule has 2 aromatic rings. The van der Waals surface area contributed by atoms with Gasteiger partial charge in [-0.25, -0.2) is 4.39 Å². The monoisotopic (exact) mass is 254 g/mol. The number of benzene rings is 2. The molecular formula is C13H9Cl2F. The molecule has 0 unspecified atom stereocenters. The summed E-state index contributed by atoms with van der Waals surface area (Å²) in [6.07, 6.45) is 0. The number of hydrogen-bond donors (Lipinski definition) is 0. The fourth-order valence-corrected chi connectivity index (χ4v) is 2.19. The van der Waals surface area contributed by atoms with Crippen molar-refractivity contribution in [3.05, 3.63) is 57.8 Å². The highest BCUT2D eigenvalue weighted by Gasteiger charge is 2.09. The van der Waals surface area contributed by atoms with Crippen LogP contribution in [-0.4, -0.2) is 0 Å². The van der Waals surface area contributed by atoms with Crippen molar-refractivity contribution in [2.45, 2.75) is 6.92 Å². The van der Waals surface area contributed by atoms with Gasteiger partial charge < -0.3 is 0 Å². The highest BCUT2D eigenvalue weighted by molar-refractivity contribution is 6.39. The second-order valence-corrected chi connectivity index (χ2v) is 4.38. The van der Waals surface area contributed by atoms with Crippen LogP contribution >= 0.6 is 23.2 Å². The SMILES string of the molecule is Cc1cc(-c2c(Cl)cccc2Cl)ccc1F. The maximum Gasteiger partial charge on any atom is 0.126 e. The Labute approximate surface area is 104 Å². The van der Waals surface area contributed by atoms with Gasteiger partial charge in [0.25, 0.3) is 0 Å². The van der Waals surface area contributed by atoms with Crippen molar-refractivity contribution in [3.8, 4) is 11.1 Å². The predicted molar refractivity (Wildman–Crippen MR) is 66.6 cm³/mol. The standard InChI is InChI=1S/C13H9Cl2F/c1-8-7-9(5-6-12(8)16)13-10(14)3-2-4-11(13)15/h2-7H,1H3. The molecule has 0 aromatic heterocycles. The third kappa shape index (κ3) is 2.06. The second kappa shape index (κ2) is 4.44. The third-order valence-corrected chi connectivity index (χ3v) is 3.04. The highest BCUT2D eigenvalue weighted by atomic mass is 35.5. The Kier molecular flexibility index (Phi) is 3.17. The Morgan fingerprint density at radius 3 is 2.19 bits per heavy atom. The maximum atomic E-state index is 13.1. The molecule has 82 valence electrons. The van der Waals surface area contributed by atoms with E-state index in [-0.39, 0.29) is 5.82 Å². The van der Waals surface area contributed by atoms with E-state index in [1.54, 1.807) is 37.3 Å². The summed E-state index contributed by atoms with van der Waals surface area (Å²) >= 11 is 12.2. The van der Waals surface area contributed by atoms with Gasteiger partial charge in [-0.3, -0.25) is 0 Å². The van der Waals surface area contributed by atoms with Crippen LogP contribution in [0.15, 0.2) is 36.4 Å². The molecule has 0 N–H and O–H groups in total. The molecule has 0 spiro atoms. The lowest BCUT2D eigenvalue weighted by Crippen LogP contribution is -1.86. The molecule has 16 heavy (non-hydrogen) atoms. The van der Waals surface area contributed by atoms with E-state index in [1.165, 1.54) is 6.07 Å². The van der Waals surface area contributed by atoms with Crippen molar-refractivity contribution in [2.24, 2.45) is 0 Å². The molecule has 3 heteroatoms. The molecule has 0 saturated carbocycles. The first-order valence-electron chi connectivity index (χ1n) is 4.80. The molecule has 0 aliphatic rings. The molecule has 0 aliphatic carbocycles. The summed E-state index contributed by atoms with van der Waals surface area (Å²) in [5.74, 6) is -0.230. The van der Waals surface area contributed by atoms with Crippen LogP contribution in [0.2, 0.25) is 10.0 Å². The van der Waals surface area contributed by atoms with E-state index in [0.29, 0.717) is 15.6 Å². The first kappa shape index (κ1) is 11.4. The minimum atomic E-state index is -0.230. The van der Waals surface area contributed by atoms with E-state index in [4.69, 9.17) is 23.2 Å². The van der Waals surface area contributed by atoms with Crippen molar-refractivity contribution in [1.29, 1.82) is 0 Å². The topological polar surface area (TPSA) is 0 Å². The summed E-state index contributed by atoms with van der Waals surface area (Å²) in [6, 6.07) is 10.1. The molecule has 0 fully saturated rings. The molecule has 0 heterocycles. The first-order chi connectivity index (χ1) is 7.59. The summed E-state index contributed by atoms with van der Waals surface area (Å²) in [5.41, 5.74) is 2.15. The summed E-state index contributed by atoms with van der Waals surface area (Å²) < 4.78 is 13.1. The number of rotatable bonds is 1. The van der Waals surface area contributed by atoms with E-state index >= 15 is 0 Å². The zero-order valence-electron chi connectivity index (χ0n) is 8.60. The number of halogens is 3. The van der Waals surface area contributed by atoms with Gasteiger partial charge in [0.2, 0.25) is 0 Å². The average molecular weight is 255 g/mol. The molecule has 0 nitrogen and oxygen atoms in total. The predicted octanol–water partition coefficient (Wildman–Crippen LogP) is 5.11. The zero-order valence-corrected chi connectivity index (χ0v) is 10.1. The maximum absolute atomic E-state index is 13.1. The van der Waals surface area contributed by atoms with Crippen LogP contribution in [-0.2, 0) is 0 Å². The summed E-state index contributed by atoms with van der Waals surface area (Å²) in [7, 11) is 0. The van der Waals surface area contributed by atoms with Gasteiger partial charge in [-0.05, 0) is 42.3 Å². The molecule has 0 bridgehead atoms. The van der Waals surface area contributed by atoms with E-state index in [9.17, 15) is 4.39 Å². The molecule has 0 aliphatic heterocycles. The van der Waals surface area contributed by atoms with Crippen LogP contribution < -0.4 is 0 Å². The lowest BCUT2D eigenvalue weighted by molar-refractivity contribution is 0.619. The Balaban J connectivity index is 2.63. The van der Waals surface area contributed by atoms with Crippen molar-refractivity contribution in [3.63, 3.8) is 0 Å². The Hall–Kier alpha value is -1.05. The van der Waals surface area contributed by atoms with Gasteiger partial charge in [0.15, 0.2) is 0 Å². The largest absolute Gasteiger partial charge is 0.207 e. The van der Waals surface area contributed by atoms with Crippen molar-refractivity contribution >= 4 is 23.2 Å². The number of aryl methyl sites for hydroxylation is 1. The van der Waals surface area contributed by atoms with E-state index in [0.717, 1.165) is 11.1 Å². The fraction of sp³-hybridized carbons (Fsp3) is 0.0769. The Bertz CT molecular complexity index is 515. The molecule has 0 radical (unpaired) electrons. The first-order valence-corrected chi connectivity index (χ1v) is 5.55. The van der Waals surface area contributed by atoms with Gasteiger partial charge in [0, 0.05) is 15.6 Å². The van der Waals surface area contributed by atoms with Gasteiger partial charge in [-0.15, -0.1) is 0 Å². The number of hydrogen-bond acceptors (Lipinski definition) is 0. The van der Waals surface area contributed by atoms with Crippen LogP contribution in [0.25, 0.3) is 11.1 Å². The van der Waals surface area contributed by atoms with Crippen molar-refractivity contribution in [2.75, 3.05) is 0 Å². The van der Waals surface area contributed by atoms with Crippen LogP contribution in [0.4, 0.5) is 4.39 Å². The normalized spacial score (nSPS) is 10.5. The molecular weight excluding hydrogens is 246 g/mol. The smallest absolute Gasteiger partial charge is 0.126 e. The summed E-state index contributed by atoms with van der Waals surface area (Å²) in [6.45, 7) is 1.71. The van der Waals surface area contributed by atoms with Crippen LogP contribution in [0.3, 0.4) is 0 Å². The van der Waals surface area contributed by atoms with Crippen molar-refractivity contribution < 1.29 is 4.39 Å². The lowest BCUT2D eigenvalue weighted by atomic mass is 10.0. The molecule has 0 amide bonds. The van der Waals surface area contributed by atoms with Gasteiger partial charge in [0.1, 0.15) is 5.82 Å². The summed E-state index contributed by atoms with van der Waals surface area (Å²) in [4.78, 5) is 0. The third-order valence-electron chi connectivity index (χ3n) is 2.41. The Morgan fingerprint density at radius 1 is 1.00 bits per heavy atom. The summed E-state index contributed by atoms with van der Waals surface area (Å²) in [5, 5.41) is 1.14. The van der Waals surface area contributed by atoms with Gasteiger partial charge in [-0.2, -0.15) is 0 Å². The average Bonchev–Trinajstić information content (AvgIpc) is 2.23. The molecule has 2 rings (SSSR count). The highest BCUT2D eigenvalue weighted by Crippen LogP contribution is 2.34. The second-order valence-electron chi connectivity index (χ2n) is 3.56. The zero-order chi connectivity index (χ0) is 11.7. The van der Waals surface area contributed by atoms with E-state index in [1.807, 2.05) is 0 Å². The lowest BCUT2D eigenvalue weighted by Gasteiger charge is -2.08. The Morgan fingerprint density at radius 2 is 1.62 bits per heavy atom. The van der Waals surface area contributed by atoms with Crippen LogP contribution in [0.1, 0.15) is 5.56 Å². The van der Waals surface area contributed by atoms with Gasteiger partial charge in [-0.1, -0.05) is 35.3 Å². The molecule has 0 saturated heterocycles. The van der Waals surface area contributed by atoms with E-state index < -0.39 is 0 Å². The minimum Gasteiger partial charge on any atom is -0.207 e. The van der Waals surface area contributed by atoms with Crippen LogP contribution in [0, 0.1) is 12.7 Å². The molecule has 0 atom stereocenters. The van der Waals surface area contributed by atoms with Gasteiger partial charge >= 0.3 is 0 Å². The van der Waals surface area contributed by atoms with Gasteiger partial charge in [0.05, 0.1) is 0 Å². The van der Waals surface area contributed by atoms with Crippen molar-refractivity contribution in [1.82, 2.24) is 0 Å². The molecule has 2 aromatic carbocycles. The minimum absolute atomic E-state index is 0.230. The fourth-order valence-electron chi connectivity index (χ4n) is 1.57.